The molecule has 1 N–H and O–H groups in total. The smallest absolute Gasteiger partial charge is 0.240 e. The fourth-order valence-electron chi connectivity index (χ4n) is 1.54. The molecule has 1 heterocycles. The molecule has 1 rings (SSSR count). The second-order valence-electron chi connectivity index (χ2n) is 3.84. The van der Waals surface area contributed by atoms with Crippen molar-refractivity contribution in [1.82, 2.24) is 10.2 Å². The Morgan fingerprint density at radius 3 is 3.00 bits per heavy atom. The molecule has 5 heteroatoms. The largest absolute Gasteiger partial charge is 0.383 e. The van der Waals surface area contributed by atoms with Crippen LogP contribution in [0.3, 0.4) is 0 Å². The van der Waals surface area contributed by atoms with Gasteiger partial charge in [-0.15, -0.1) is 0 Å². The van der Waals surface area contributed by atoms with Crippen molar-refractivity contribution in [1.29, 1.82) is 0 Å². The molecule has 88 valence electrons. The van der Waals surface area contributed by atoms with Gasteiger partial charge in [-0.05, 0) is 6.92 Å². The highest BCUT2D eigenvalue weighted by atomic mass is 32.2. The Morgan fingerprint density at radius 2 is 2.47 bits per heavy atom. The lowest BCUT2D eigenvalue weighted by atomic mass is 10.2. The average molecular weight is 232 g/mol. The minimum Gasteiger partial charge on any atom is -0.383 e. The minimum atomic E-state index is -0.0203. The number of nitrogens with zero attached hydrogens (tertiary/aromatic N) is 1. The van der Waals surface area contributed by atoms with Gasteiger partial charge < -0.3 is 15.0 Å². The zero-order chi connectivity index (χ0) is 11.3. The van der Waals surface area contributed by atoms with Crippen LogP contribution in [0.4, 0.5) is 0 Å². The number of likely N-dealkylation sites (N-methyl/N-ethyl adjacent to an activating group) is 1. The number of hydrogen-bond donors (Lipinski definition) is 1. The molecule has 0 aliphatic carbocycles. The van der Waals surface area contributed by atoms with Crippen LogP contribution in [-0.4, -0.2) is 61.7 Å². The van der Waals surface area contributed by atoms with Gasteiger partial charge in [0.05, 0.1) is 18.7 Å². The number of carbonyl (C=O) groups excluding carboxylic acids is 1. The van der Waals surface area contributed by atoms with Crippen molar-refractivity contribution in [3.05, 3.63) is 0 Å². The quantitative estimate of drug-likeness (QED) is 0.751. The van der Waals surface area contributed by atoms with Crippen LogP contribution < -0.4 is 5.32 Å². The first-order chi connectivity index (χ1) is 7.16. The third-order valence-corrected chi connectivity index (χ3v) is 3.70. The molecule has 1 amide bonds. The van der Waals surface area contributed by atoms with Crippen LogP contribution in [-0.2, 0) is 9.53 Å². The first-order valence-corrected chi connectivity index (χ1v) is 6.39. The first-order valence-electron chi connectivity index (χ1n) is 5.23. The van der Waals surface area contributed by atoms with Crippen molar-refractivity contribution in [3.63, 3.8) is 0 Å². The predicted octanol–water partition coefficient (Wildman–Crippen LogP) is 0.185. The molecule has 2 unspecified atom stereocenters. The van der Waals surface area contributed by atoms with E-state index in [0.717, 1.165) is 18.1 Å². The van der Waals surface area contributed by atoms with E-state index in [2.05, 4.69) is 5.32 Å². The second kappa shape index (κ2) is 6.35. The highest BCUT2D eigenvalue weighted by Crippen LogP contribution is 2.10. The monoisotopic (exact) mass is 232 g/mol. The Labute approximate surface area is 95.7 Å². The fraction of sp³-hybridized carbons (Fsp3) is 0.900. The molecule has 0 bridgehead atoms. The molecule has 4 nitrogen and oxygen atoms in total. The molecule has 1 fully saturated rings. The van der Waals surface area contributed by atoms with Crippen LogP contribution in [0, 0.1) is 0 Å². The zero-order valence-electron chi connectivity index (χ0n) is 9.66. The van der Waals surface area contributed by atoms with Gasteiger partial charge in [0.1, 0.15) is 0 Å². The number of methoxy groups -OCH3 is 1. The summed E-state index contributed by atoms with van der Waals surface area (Å²) in [5, 5.41) is 3.24. The number of nitrogens with one attached hydrogen (secondary N) is 1. The van der Waals surface area contributed by atoms with Gasteiger partial charge in [-0.25, -0.2) is 0 Å². The van der Waals surface area contributed by atoms with Gasteiger partial charge in [-0.1, -0.05) is 0 Å². The molecule has 0 radical (unpaired) electrons. The molecule has 1 aliphatic heterocycles. The second-order valence-corrected chi connectivity index (χ2v) is 4.98. The lowest BCUT2D eigenvalue weighted by Crippen LogP contribution is -2.52. The summed E-state index contributed by atoms with van der Waals surface area (Å²) in [5.41, 5.74) is 0. The molecule has 0 aromatic carbocycles. The molecule has 15 heavy (non-hydrogen) atoms. The minimum absolute atomic E-state index is 0.0203. The van der Waals surface area contributed by atoms with Crippen molar-refractivity contribution in [3.8, 4) is 0 Å². The van der Waals surface area contributed by atoms with E-state index >= 15 is 0 Å². The van der Waals surface area contributed by atoms with Gasteiger partial charge in [0.15, 0.2) is 0 Å². The Kier molecular flexibility index (Phi) is 5.42. The van der Waals surface area contributed by atoms with Crippen molar-refractivity contribution in [2.24, 2.45) is 0 Å². The van der Waals surface area contributed by atoms with E-state index in [9.17, 15) is 4.79 Å². The lowest BCUT2D eigenvalue weighted by Gasteiger charge is -2.30. The van der Waals surface area contributed by atoms with E-state index < -0.39 is 0 Å². The van der Waals surface area contributed by atoms with Crippen molar-refractivity contribution in [2.45, 2.75) is 19.0 Å². The third kappa shape index (κ3) is 3.66. The van der Waals surface area contributed by atoms with Crippen LogP contribution in [0.2, 0.25) is 0 Å². The summed E-state index contributed by atoms with van der Waals surface area (Å²) in [4.78, 5) is 13.8. The van der Waals surface area contributed by atoms with Crippen LogP contribution in [0.25, 0.3) is 0 Å². The van der Waals surface area contributed by atoms with Gasteiger partial charge in [-0.2, -0.15) is 11.8 Å². The molecular weight excluding hydrogens is 212 g/mol. The molecule has 1 saturated heterocycles. The van der Waals surface area contributed by atoms with Crippen LogP contribution >= 0.6 is 11.8 Å². The highest BCUT2D eigenvalue weighted by Gasteiger charge is 2.26. The van der Waals surface area contributed by atoms with E-state index in [-0.39, 0.29) is 18.0 Å². The predicted molar refractivity (Wildman–Crippen MR) is 63.2 cm³/mol. The maximum Gasteiger partial charge on any atom is 0.240 e. The Morgan fingerprint density at radius 1 is 1.73 bits per heavy atom. The number of amides is 1. The SMILES string of the molecule is COCC(C)N(C)C(=O)C1CSCCN1. The van der Waals surface area contributed by atoms with E-state index in [1.807, 2.05) is 25.7 Å². The maximum atomic E-state index is 12.0. The molecule has 1 aliphatic rings. The van der Waals surface area contributed by atoms with E-state index in [0.29, 0.717) is 6.61 Å². The van der Waals surface area contributed by atoms with Crippen molar-refractivity contribution < 1.29 is 9.53 Å². The lowest BCUT2D eigenvalue weighted by molar-refractivity contribution is -0.134. The topological polar surface area (TPSA) is 41.6 Å². The fourth-order valence-corrected chi connectivity index (χ4v) is 2.47. The van der Waals surface area contributed by atoms with Crippen LogP contribution in [0.15, 0.2) is 0 Å². The number of ether oxygens (including phenoxy) is 1. The number of thioether (sulfide) groups is 1. The Bertz CT molecular complexity index is 208. The molecule has 0 aromatic rings. The van der Waals surface area contributed by atoms with E-state index in [1.165, 1.54) is 0 Å². The summed E-state index contributed by atoms with van der Waals surface area (Å²) in [6, 6.07) is 0.115. The van der Waals surface area contributed by atoms with E-state index in [4.69, 9.17) is 4.74 Å². The molecule has 0 aromatic heterocycles. The average Bonchev–Trinajstić information content (AvgIpc) is 2.28. The summed E-state index contributed by atoms with van der Waals surface area (Å²) in [6.07, 6.45) is 0. The van der Waals surface area contributed by atoms with Crippen LogP contribution in [0.1, 0.15) is 6.92 Å². The van der Waals surface area contributed by atoms with Gasteiger partial charge >= 0.3 is 0 Å². The summed E-state index contributed by atoms with van der Waals surface area (Å²) < 4.78 is 5.04. The number of rotatable bonds is 4. The standard InChI is InChI=1S/C10H20N2O2S/c1-8(6-14-3)12(2)10(13)9-7-15-5-4-11-9/h8-9,11H,4-7H2,1-3H3. The van der Waals surface area contributed by atoms with Gasteiger partial charge in [0.25, 0.3) is 0 Å². The van der Waals surface area contributed by atoms with Crippen LogP contribution in [0.5, 0.6) is 0 Å². The molecule has 2 atom stereocenters. The molecular formula is C10H20N2O2S. The Hall–Kier alpha value is -0.260. The number of carbonyl (C=O) groups is 1. The summed E-state index contributed by atoms with van der Waals surface area (Å²) in [7, 11) is 3.50. The molecule has 0 spiro atoms. The molecule has 0 saturated carbocycles. The van der Waals surface area contributed by atoms with E-state index in [1.54, 1.807) is 12.0 Å². The van der Waals surface area contributed by atoms with Gasteiger partial charge in [-0.3, -0.25) is 4.79 Å². The Balaban J connectivity index is 2.43. The normalized spacial score (nSPS) is 23.5. The number of hydrogen-bond acceptors (Lipinski definition) is 4. The first kappa shape index (κ1) is 12.8. The third-order valence-electron chi connectivity index (χ3n) is 2.64. The van der Waals surface area contributed by atoms with Gasteiger partial charge in [0, 0.05) is 32.2 Å². The van der Waals surface area contributed by atoms with Crippen molar-refractivity contribution in [2.75, 3.05) is 38.8 Å². The summed E-state index contributed by atoms with van der Waals surface area (Å²) >= 11 is 1.83. The zero-order valence-corrected chi connectivity index (χ0v) is 10.5. The summed E-state index contributed by atoms with van der Waals surface area (Å²) in [5.74, 6) is 2.15. The summed E-state index contributed by atoms with van der Waals surface area (Å²) in [6.45, 7) is 3.51. The van der Waals surface area contributed by atoms with Gasteiger partial charge in [0.2, 0.25) is 5.91 Å². The maximum absolute atomic E-state index is 12.0. The van der Waals surface area contributed by atoms with Crippen molar-refractivity contribution >= 4 is 17.7 Å². The highest BCUT2D eigenvalue weighted by molar-refractivity contribution is 7.99.